The van der Waals surface area contributed by atoms with Crippen molar-refractivity contribution >= 4 is 5.97 Å². The monoisotopic (exact) mass is 211 g/mol. The SMILES string of the molecule is NC1(C(=O)OCCC2CC2)CCCCC1. The molecule has 0 spiro atoms. The number of ether oxygens (including phenoxy) is 1. The lowest BCUT2D eigenvalue weighted by atomic mass is 9.83. The predicted octanol–water partition coefficient (Wildman–Crippen LogP) is 1.99. The summed E-state index contributed by atoms with van der Waals surface area (Å²) in [6.07, 6.45) is 8.58. The second-order valence-electron chi connectivity index (χ2n) is 5.08. The highest BCUT2D eigenvalue weighted by Gasteiger charge is 2.37. The summed E-state index contributed by atoms with van der Waals surface area (Å²) in [5.74, 6) is 0.653. The topological polar surface area (TPSA) is 52.3 Å². The van der Waals surface area contributed by atoms with Crippen LogP contribution in [0.3, 0.4) is 0 Å². The quantitative estimate of drug-likeness (QED) is 0.723. The molecule has 3 nitrogen and oxygen atoms in total. The number of nitrogens with two attached hydrogens (primary N) is 1. The van der Waals surface area contributed by atoms with E-state index in [1.54, 1.807) is 0 Å². The second kappa shape index (κ2) is 4.52. The van der Waals surface area contributed by atoms with Crippen LogP contribution in [0, 0.1) is 5.92 Å². The standard InChI is InChI=1S/C12H21NO2/c13-12(7-2-1-3-8-12)11(14)15-9-6-10-4-5-10/h10H,1-9,13H2. The van der Waals surface area contributed by atoms with E-state index in [9.17, 15) is 4.79 Å². The summed E-state index contributed by atoms with van der Waals surface area (Å²) in [5, 5.41) is 0. The van der Waals surface area contributed by atoms with Crippen LogP contribution in [0.4, 0.5) is 0 Å². The average molecular weight is 211 g/mol. The van der Waals surface area contributed by atoms with Gasteiger partial charge in [-0.1, -0.05) is 32.1 Å². The zero-order valence-corrected chi connectivity index (χ0v) is 9.34. The summed E-state index contributed by atoms with van der Waals surface area (Å²) >= 11 is 0. The molecule has 86 valence electrons. The molecule has 0 unspecified atom stereocenters. The van der Waals surface area contributed by atoms with Crippen molar-refractivity contribution in [3.63, 3.8) is 0 Å². The normalized spacial score (nSPS) is 24.9. The van der Waals surface area contributed by atoms with Crippen molar-refractivity contribution in [3.8, 4) is 0 Å². The Labute approximate surface area is 91.4 Å². The maximum atomic E-state index is 11.8. The van der Waals surface area contributed by atoms with Crippen molar-refractivity contribution in [1.29, 1.82) is 0 Å². The third kappa shape index (κ3) is 2.94. The van der Waals surface area contributed by atoms with Gasteiger partial charge in [0.2, 0.25) is 0 Å². The van der Waals surface area contributed by atoms with Crippen LogP contribution in [0.2, 0.25) is 0 Å². The molecule has 0 aromatic heterocycles. The minimum absolute atomic E-state index is 0.164. The first-order chi connectivity index (χ1) is 7.21. The highest BCUT2D eigenvalue weighted by atomic mass is 16.5. The Morgan fingerprint density at radius 1 is 1.27 bits per heavy atom. The Balaban J connectivity index is 1.72. The van der Waals surface area contributed by atoms with Gasteiger partial charge in [-0.05, 0) is 25.2 Å². The van der Waals surface area contributed by atoms with E-state index in [1.165, 1.54) is 19.3 Å². The molecule has 0 atom stereocenters. The minimum atomic E-state index is -0.665. The largest absolute Gasteiger partial charge is 0.464 e. The van der Waals surface area contributed by atoms with Crippen molar-refractivity contribution < 1.29 is 9.53 Å². The highest BCUT2D eigenvalue weighted by Crippen LogP contribution is 2.32. The molecular weight excluding hydrogens is 190 g/mol. The van der Waals surface area contributed by atoms with Gasteiger partial charge in [-0.15, -0.1) is 0 Å². The molecule has 3 heteroatoms. The number of carbonyl (C=O) groups is 1. The predicted molar refractivity (Wildman–Crippen MR) is 58.3 cm³/mol. The van der Waals surface area contributed by atoms with Gasteiger partial charge in [-0.2, -0.15) is 0 Å². The molecule has 0 bridgehead atoms. The first-order valence-electron chi connectivity index (χ1n) is 6.17. The van der Waals surface area contributed by atoms with E-state index >= 15 is 0 Å². The van der Waals surface area contributed by atoms with E-state index < -0.39 is 5.54 Å². The summed E-state index contributed by atoms with van der Waals surface area (Å²) in [4.78, 5) is 11.8. The number of hydrogen-bond acceptors (Lipinski definition) is 3. The van der Waals surface area contributed by atoms with Crippen molar-refractivity contribution in [2.24, 2.45) is 11.7 Å². The van der Waals surface area contributed by atoms with Gasteiger partial charge in [0.05, 0.1) is 6.61 Å². The molecule has 2 N–H and O–H groups in total. The summed E-state index contributed by atoms with van der Waals surface area (Å²) in [5.41, 5.74) is 5.40. The van der Waals surface area contributed by atoms with Gasteiger partial charge >= 0.3 is 5.97 Å². The van der Waals surface area contributed by atoms with Gasteiger partial charge in [0.1, 0.15) is 5.54 Å². The Bertz CT molecular complexity index is 230. The third-order valence-electron chi connectivity index (χ3n) is 3.61. The second-order valence-corrected chi connectivity index (χ2v) is 5.08. The fraction of sp³-hybridized carbons (Fsp3) is 0.917. The lowest BCUT2D eigenvalue weighted by molar-refractivity contribution is -0.151. The molecule has 0 radical (unpaired) electrons. The lowest BCUT2D eigenvalue weighted by Crippen LogP contribution is -2.50. The average Bonchev–Trinajstić information content (AvgIpc) is 3.03. The first kappa shape index (κ1) is 10.9. The summed E-state index contributed by atoms with van der Waals surface area (Å²) in [7, 11) is 0. The van der Waals surface area contributed by atoms with Gasteiger partial charge in [-0.25, -0.2) is 0 Å². The van der Waals surface area contributed by atoms with Crippen molar-refractivity contribution in [1.82, 2.24) is 0 Å². The molecule has 0 aromatic rings. The maximum absolute atomic E-state index is 11.8. The molecule has 0 amide bonds. The number of esters is 1. The van der Waals surface area contributed by atoms with Crippen LogP contribution >= 0.6 is 0 Å². The van der Waals surface area contributed by atoms with Crippen LogP contribution in [-0.2, 0) is 9.53 Å². The molecular formula is C12H21NO2. The van der Waals surface area contributed by atoms with Crippen LogP contribution in [0.25, 0.3) is 0 Å². The van der Waals surface area contributed by atoms with Crippen LogP contribution in [0.5, 0.6) is 0 Å². The Morgan fingerprint density at radius 2 is 1.93 bits per heavy atom. The Morgan fingerprint density at radius 3 is 2.53 bits per heavy atom. The highest BCUT2D eigenvalue weighted by molar-refractivity contribution is 5.80. The van der Waals surface area contributed by atoms with E-state index in [2.05, 4.69) is 0 Å². The molecule has 0 aromatic carbocycles. The van der Waals surface area contributed by atoms with Gasteiger partial charge in [0, 0.05) is 0 Å². The van der Waals surface area contributed by atoms with Gasteiger partial charge in [0.25, 0.3) is 0 Å². The van der Waals surface area contributed by atoms with Crippen LogP contribution in [0.1, 0.15) is 51.4 Å². The van der Waals surface area contributed by atoms with E-state index in [0.29, 0.717) is 6.61 Å². The molecule has 2 fully saturated rings. The van der Waals surface area contributed by atoms with E-state index in [0.717, 1.165) is 38.0 Å². The summed E-state index contributed by atoms with van der Waals surface area (Å²) in [6.45, 7) is 0.572. The van der Waals surface area contributed by atoms with Gasteiger partial charge in [0.15, 0.2) is 0 Å². The molecule has 0 aliphatic heterocycles. The first-order valence-corrected chi connectivity index (χ1v) is 6.17. The number of rotatable bonds is 4. The molecule has 15 heavy (non-hydrogen) atoms. The lowest BCUT2D eigenvalue weighted by Gasteiger charge is -2.30. The molecule has 0 heterocycles. The van der Waals surface area contributed by atoms with E-state index in [1.807, 2.05) is 0 Å². The maximum Gasteiger partial charge on any atom is 0.326 e. The fourth-order valence-corrected chi connectivity index (χ4v) is 2.26. The molecule has 2 rings (SSSR count). The molecule has 0 saturated heterocycles. The van der Waals surface area contributed by atoms with Gasteiger partial charge in [-0.3, -0.25) is 4.79 Å². The van der Waals surface area contributed by atoms with Crippen molar-refractivity contribution in [2.75, 3.05) is 6.61 Å². The minimum Gasteiger partial charge on any atom is -0.464 e. The third-order valence-corrected chi connectivity index (χ3v) is 3.61. The van der Waals surface area contributed by atoms with E-state index in [-0.39, 0.29) is 5.97 Å². The smallest absolute Gasteiger partial charge is 0.326 e. The van der Waals surface area contributed by atoms with Crippen LogP contribution in [0.15, 0.2) is 0 Å². The summed E-state index contributed by atoms with van der Waals surface area (Å²) < 4.78 is 5.27. The zero-order valence-electron chi connectivity index (χ0n) is 9.34. The molecule has 2 aliphatic rings. The van der Waals surface area contributed by atoms with Crippen molar-refractivity contribution in [3.05, 3.63) is 0 Å². The zero-order chi connectivity index (χ0) is 10.7. The Hall–Kier alpha value is -0.570. The van der Waals surface area contributed by atoms with Crippen LogP contribution < -0.4 is 5.73 Å². The Kier molecular flexibility index (Phi) is 3.29. The number of carbonyl (C=O) groups excluding carboxylic acids is 1. The molecule has 2 aliphatic carbocycles. The summed E-state index contributed by atoms with van der Waals surface area (Å²) in [6, 6.07) is 0. The van der Waals surface area contributed by atoms with Crippen molar-refractivity contribution in [2.45, 2.75) is 56.9 Å². The fourth-order valence-electron chi connectivity index (χ4n) is 2.26. The number of hydrogen-bond donors (Lipinski definition) is 1. The van der Waals surface area contributed by atoms with Gasteiger partial charge < -0.3 is 10.5 Å². The molecule has 2 saturated carbocycles. The van der Waals surface area contributed by atoms with E-state index in [4.69, 9.17) is 10.5 Å². The van der Waals surface area contributed by atoms with Crippen LogP contribution in [-0.4, -0.2) is 18.1 Å².